The molecule has 138 valence electrons. The molecule has 6 heteroatoms. The third-order valence-electron chi connectivity index (χ3n) is 5.08. The van der Waals surface area contributed by atoms with Crippen LogP contribution in [-0.2, 0) is 9.53 Å². The fourth-order valence-corrected chi connectivity index (χ4v) is 3.64. The summed E-state index contributed by atoms with van der Waals surface area (Å²) in [4.78, 5) is 30.4. The van der Waals surface area contributed by atoms with Crippen LogP contribution in [0, 0.1) is 12.8 Å². The maximum absolute atomic E-state index is 12.1. The Labute approximate surface area is 156 Å². The van der Waals surface area contributed by atoms with E-state index in [9.17, 15) is 9.59 Å². The van der Waals surface area contributed by atoms with Gasteiger partial charge in [-0.1, -0.05) is 24.3 Å². The molecule has 6 nitrogen and oxygen atoms in total. The van der Waals surface area contributed by atoms with E-state index in [0.717, 1.165) is 28.5 Å². The molecular weight excluding hydrogens is 344 g/mol. The number of benzene rings is 1. The minimum absolute atomic E-state index is 0.155. The van der Waals surface area contributed by atoms with Gasteiger partial charge in [0.1, 0.15) is 5.82 Å². The molecule has 0 aliphatic carbocycles. The van der Waals surface area contributed by atoms with Crippen molar-refractivity contribution in [1.82, 2.24) is 4.98 Å². The van der Waals surface area contributed by atoms with Crippen molar-refractivity contribution in [1.29, 1.82) is 0 Å². The molecule has 1 aliphatic rings. The molecule has 1 atom stereocenters. The number of carbonyl (C=O) groups excluding carboxylic acids is 1. The third-order valence-corrected chi connectivity index (χ3v) is 5.08. The van der Waals surface area contributed by atoms with Gasteiger partial charge in [-0.3, -0.25) is 4.79 Å². The van der Waals surface area contributed by atoms with Crippen LogP contribution in [0.5, 0.6) is 0 Å². The molecule has 2 aromatic heterocycles. The molecule has 1 aliphatic heterocycles. The molecule has 4 rings (SSSR count). The molecule has 0 amide bonds. The second-order valence-electron chi connectivity index (χ2n) is 6.77. The first-order valence-electron chi connectivity index (χ1n) is 8.90. The van der Waals surface area contributed by atoms with Crippen LogP contribution in [0.2, 0.25) is 0 Å². The Morgan fingerprint density at radius 1 is 1.22 bits per heavy atom. The van der Waals surface area contributed by atoms with E-state index in [4.69, 9.17) is 9.15 Å². The van der Waals surface area contributed by atoms with E-state index in [-0.39, 0.29) is 11.9 Å². The SMILES string of the molecule is COC(=O)C1CCN(c2ccc3c(-c4ccccc4C)cc(=O)oc3n2)C1. The molecule has 27 heavy (non-hydrogen) atoms. The highest BCUT2D eigenvalue weighted by molar-refractivity contribution is 5.93. The zero-order valence-corrected chi connectivity index (χ0v) is 15.3. The van der Waals surface area contributed by atoms with Crippen molar-refractivity contribution in [2.24, 2.45) is 5.92 Å². The number of rotatable bonds is 3. The predicted octanol–water partition coefficient (Wildman–Crippen LogP) is 3.16. The Bertz CT molecular complexity index is 1070. The summed E-state index contributed by atoms with van der Waals surface area (Å²) in [6, 6.07) is 13.2. The lowest BCUT2D eigenvalue weighted by Gasteiger charge is -2.17. The fraction of sp³-hybridized carbons (Fsp3) is 0.286. The highest BCUT2D eigenvalue weighted by atomic mass is 16.5. The molecule has 1 saturated heterocycles. The van der Waals surface area contributed by atoms with Crippen molar-refractivity contribution in [3.63, 3.8) is 0 Å². The van der Waals surface area contributed by atoms with Crippen LogP contribution in [0.15, 0.2) is 51.7 Å². The van der Waals surface area contributed by atoms with Crippen LogP contribution in [0.4, 0.5) is 5.82 Å². The summed E-state index contributed by atoms with van der Waals surface area (Å²) in [6.07, 6.45) is 0.722. The molecule has 3 heterocycles. The highest BCUT2D eigenvalue weighted by Crippen LogP contribution is 2.31. The molecule has 1 unspecified atom stereocenters. The number of aryl methyl sites for hydroxylation is 1. The number of anilines is 1. The summed E-state index contributed by atoms with van der Waals surface area (Å²) in [5.41, 5.74) is 2.75. The average Bonchev–Trinajstić information content (AvgIpc) is 3.17. The Kier molecular flexibility index (Phi) is 4.39. The molecule has 0 radical (unpaired) electrons. The van der Waals surface area contributed by atoms with Crippen molar-refractivity contribution in [3.8, 4) is 11.1 Å². The van der Waals surface area contributed by atoms with Crippen molar-refractivity contribution in [2.45, 2.75) is 13.3 Å². The number of hydrogen-bond acceptors (Lipinski definition) is 6. The van der Waals surface area contributed by atoms with Crippen LogP contribution in [0.25, 0.3) is 22.2 Å². The minimum atomic E-state index is -0.431. The van der Waals surface area contributed by atoms with E-state index >= 15 is 0 Å². The first-order chi connectivity index (χ1) is 13.1. The van der Waals surface area contributed by atoms with E-state index in [0.29, 0.717) is 24.6 Å². The monoisotopic (exact) mass is 364 g/mol. The van der Waals surface area contributed by atoms with Crippen molar-refractivity contribution in [2.75, 3.05) is 25.1 Å². The number of hydrogen-bond donors (Lipinski definition) is 0. The number of ether oxygens (including phenoxy) is 1. The molecule has 1 aromatic carbocycles. The number of fused-ring (bicyclic) bond motifs is 1. The normalized spacial score (nSPS) is 16.7. The van der Waals surface area contributed by atoms with E-state index in [1.807, 2.05) is 48.2 Å². The Morgan fingerprint density at radius 3 is 2.81 bits per heavy atom. The van der Waals surface area contributed by atoms with Gasteiger partial charge in [0.15, 0.2) is 0 Å². The van der Waals surface area contributed by atoms with Crippen LogP contribution in [0.3, 0.4) is 0 Å². The van der Waals surface area contributed by atoms with Gasteiger partial charge in [0.05, 0.1) is 13.0 Å². The lowest BCUT2D eigenvalue weighted by molar-refractivity contribution is -0.144. The number of pyridine rings is 1. The fourth-order valence-electron chi connectivity index (χ4n) is 3.64. The number of nitrogens with zero attached hydrogens (tertiary/aromatic N) is 2. The van der Waals surface area contributed by atoms with Crippen LogP contribution < -0.4 is 10.5 Å². The Hall–Kier alpha value is -3.15. The minimum Gasteiger partial charge on any atom is -0.469 e. The summed E-state index contributed by atoms with van der Waals surface area (Å²) >= 11 is 0. The first kappa shape index (κ1) is 17.3. The first-order valence-corrected chi connectivity index (χ1v) is 8.90. The van der Waals surface area contributed by atoms with Gasteiger partial charge in [-0.25, -0.2) is 4.79 Å². The summed E-state index contributed by atoms with van der Waals surface area (Å²) in [6.45, 7) is 3.27. The van der Waals surface area contributed by atoms with Crippen LogP contribution in [-0.4, -0.2) is 31.2 Å². The second kappa shape index (κ2) is 6.87. The van der Waals surface area contributed by atoms with E-state index in [1.54, 1.807) is 0 Å². The molecule has 1 fully saturated rings. The van der Waals surface area contributed by atoms with Gasteiger partial charge in [-0.2, -0.15) is 4.98 Å². The van der Waals surface area contributed by atoms with E-state index in [2.05, 4.69) is 4.98 Å². The molecule has 0 bridgehead atoms. The lowest BCUT2D eigenvalue weighted by Crippen LogP contribution is -2.24. The smallest absolute Gasteiger partial charge is 0.338 e. The van der Waals surface area contributed by atoms with E-state index < -0.39 is 5.63 Å². The number of aromatic nitrogens is 1. The molecule has 0 spiro atoms. The zero-order valence-electron chi connectivity index (χ0n) is 15.3. The Balaban J connectivity index is 1.75. The second-order valence-corrected chi connectivity index (χ2v) is 6.77. The van der Waals surface area contributed by atoms with Gasteiger partial charge in [-0.15, -0.1) is 0 Å². The third kappa shape index (κ3) is 3.18. The maximum atomic E-state index is 12.1. The summed E-state index contributed by atoms with van der Waals surface area (Å²) in [5.74, 6) is 0.337. The molecular formula is C21H20N2O4. The van der Waals surface area contributed by atoms with Crippen molar-refractivity contribution in [3.05, 3.63) is 58.4 Å². The van der Waals surface area contributed by atoms with Gasteiger partial charge in [0.2, 0.25) is 5.71 Å². The molecule has 0 N–H and O–H groups in total. The van der Waals surface area contributed by atoms with Gasteiger partial charge in [-0.05, 0) is 36.6 Å². The van der Waals surface area contributed by atoms with Crippen LogP contribution in [0.1, 0.15) is 12.0 Å². The number of esters is 1. The molecule has 3 aromatic rings. The van der Waals surface area contributed by atoms with Gasteiger partial charge >= 0.3 is 11.6 Å². The number of carbonyl (C=O) groups is 1. The topological polar surface area (TPSA) is 72.6 Å². The summed E-state index contributed by atoms with van der Waals surface area (Å²) < 4.78 is 10.2. The van der Waals surface area contributed by atoms with Crippen molar-refractivity contribution < 1.29 is 13.9 Å². The van der Waals surface area contributed by atoms with Crippen LogP contribution >= 0.6 is 0 Å². The quantitative estimate of drug-likeness (QED) is 0.665. The van der Waals surface area contributed by atoms with Gasteiger partial charge < -0.3 is 14.1 Å². The highest BCUT2D eigenvalue weighted by Gasteiger charge is 2.30. The number of methoxy groups -OCH3 is 1. The van der Waals surface area contributed by atoms with Gasteiger partial charge in [0, 0.05) is 30.1 Å². The summed E-state index contributed by atoms with van der Waals surface area (Å²) in [7, 11) is 1.40. The summed E-state index contributed by atoms with van der Waals surface area (Å²) in [5, 5.41) is 0.788. The largest absolute Gasteiger partial charge is 0.469 e. The zero-order chi connectivity index (χ0) is 19.0. The average molecular weight is 364 g/mol. The predicted molar refractivity (Wildman–Crippen MR) is 103 cm³/mol. The standard InChI is InChI=1S/C21H20N2O4/c1-13-5-3-4-6-15(13)17-11-19(24)27-20-16(17)7-8-18(22-20)23-10-9-14(12-23)21(25)26-2/h3-8,11,14H,9-10,12H2,1-2H3. The lowest BCUT2D eigenvalue weighted by atomic mass is 9.99. The van der Waals surface area contributed by atoms with E-state index in [1.165, 1.54) is 13.2 Å². The van der Waals surface area contributed by atoms with Gasteiger partial charge in [0.25, 0.3) is 0 Å². The molecule has 0 saturated carbocycles. The Morgan fingerprint density at radius 2 is 2.04 bits per heavy atom. The maximum Gasteiger partial charge on any atom is 0.338 e. The van der Waals surface area contributed by atoms with Crippen molar-refractivity contribution >= 4 is 22.9 Å².